The zero-order valence-electron chi connectivity index (χ0n) is 6.97. The molecule has 0 heterocycles. The summed E-state index contributed by atoms with van der Waals surface area (Å²) in [6, 6.07) is -1.60. The van der Waals surface area contributed by atoms with E-state index < -0.39 is 24.1 Å². The van der Waals surface area contributed by atoms with Gasteiger partial charge < -0.3 is 10.4 Å². The lowest BCUT2D eigenvalue weighted by Crippen LogP contribution is -2.46. The Kier molecular flexibility index (Phi) is 4.13. The van der Waals surface area contributed by atoms with E-state index in [2.05, 4.69) is 6.58 Å². The highest BCUT2D eigenvalue weighted by Crippen LogP contribution is 2.14. The van der Waals surface area contributed by atoms with Crippen LogP contribution in [0.5, 0.6) is 0 Å². The molecule has 0 aliphatic heterocycles. The Labute approximate surface area is 77.4 Å². The Morgan fingerprint density at radius 2 is 2.00 bits per heavy atom. The molecule has 2 N–H and O–H groups in total. The minimum atomic E-state index is -5.07. The predicted molar refractivity (Wildman–Crippen MR) is 40.4 cm³/mol. The average Bonchev–Trinajstić information content (AvgIpc) is 2.01. The number of carbonyl (C=O) groups excluding carboxylic acids is 1. The van der Waals surface area contributed by atoms with Gasteiger partial charge in [0.15, 0.2) is 0 Å². The Bertz CT molecular complexity index is 249. The number of carboxylic acid groups (broad SMARTS) is 1. The Balaban J connectivity index is 4.38. The SMILES string of the molecule is C=CC[C@@H](NC(=O)C(F)(F)F)C(=O)O. The first kappa shape index (κ1) is 12.5. The van der Waals surface area contributed by atoms with E-state index >= 15 is 0 Å². The number of amides is 1. The van der Waals surface area contributed by atoms with Crippen LogP contribution in [0.15, 0.2) is 12.7 Å². The summed E-state index contributed by atoms with van der Waals surface area (Å²) in [7, 11) is 0. The number of hydrogen-bond donors (Lipinski definition) is 2. The normalized spacial score (nSPS) is 13.1. The van der Waals surface area contributed by atoms with Crippen LogP contribution in [0.3, 0.4) is 0 Å². The second-order valence-electron chi connectivity index (χ2n) is 2.39. The highest BCUT2D eigenvalue weighted by Gasteiger charge is 2.40. The molecular weight excluding hydrogens is 203 g/mol. The lowest BCUT2D eigenvalue weighted by atomic mass is 10.2. The average molecular weight is 211 g/mol. The molecule has 0 spiro atoms. The first-order chi connectivity index (χ1) is 6.29. The van der Waals surface area contributed by atoms with Gasteiger partial charge in [-0.1, -0.05) is 6.08 Å². The van der Waals surface area contributed by atoms with Crippen molar-refractivity contribution in [3.8, 4) is 0 Å². The fourth-order valence-corrected chi connectivity index (χ4v) is 0.628. The fraction of sp³-hybridized carbons (Fsp3) is 0.429. The molecule has 0 saturated carbocycles. The van der Waals surface area contributed by atoms with Gasteiger partial charge in [0.05, 0.1) is 0 Å². The smallest absolute Gasteiger partial charge is 0.471 e. The van der Waals surface area contributed by atoms with E-state index in [4.69, 9.17) is 5.11 Å². The molecule has 0 aromatic carbocycles. The van der Waals surface area contributed by atoms with E-state index in [1.165, 1.54) is 5.32 Å². The summed E-state index contributed by atoms with van der Waals surface area (Å²) in [6.45, 7) is 3.16. The van der Waals surface area contributed by atoms with E-state index in [1.807, 2.05) is 0 Å². The van der Waals surface area contributed by atoms with E-state index in [-0.39, 0.29) is 6.42 Å². The summed E-state index contributed by atoms with van der Waals surface area (Å²) >= 11 is 0. The molecule has 1 atom stereocenters. The molecule has 0 saturated heterocycles. The molecule has 0 bridgehead atoms. The topological polar surface area (TPSA) is 66.4 Å². The molecule has 4 nitrogen and oxygen atoms in total. The monoisotopic (exact) mass is 211 g/mol. The number of aliphatic carboxylic acids is 1. The third kappa shape index (κ3) is 3.92. The van der Waals surface area contributed by atoms with Crippen molar-refractivity contribution in [2.24, 2.45) is 0 Å². The Morgan fingerprint density at radius 3 is 2.29 bits per heavy atom. The summed E-state index contributed by atoms with van der Waals surface area (Å²) in [5, 5.41) is 9.71. The third-order valence-corrected chi connectivity index (χ3v) is 1.26. The van der Waals surface area contributed by atoms with Crippen LogP contribution in [-0.2, 0) is 9.59 Å². The summed E-state index contributed by atoms with van der Waals surface area (Å²) < 4.78 is 35.0. The van der Waals surface area contributed by atoms with E-state index in [0.717, 1.165) is 6.08 Å². The van der Waals surface area contributed by atoms with Gasteiger partial charge in [0.1, 0.15) is 6.04 Å². The number of carbonyl (C=O) groups is 2. The Morgan fingerprint density at radius 1 is 1.50 bits per heavy atom. The summed E-state index contributed by atoms with van der Waals surface area (Å²) in [5.74, 6) is -3.81. The molecule has 80 valence electrons. The maximum atomic E-state index is 11.7. The second-order valence-corrected chi connectivity index (χ2v) is 2.39. The molecule has 0 aliphatic carbocycles. The van der Waals surface area contributed by atoms with E-state index in [0.29, 0.717) is 0 Å². The van der Waals surface area contributed by atoms with Crippen LogP contribution in [0.1, 0.15) is 6.42 Å². The van der Waals surface area contributed by atoms with Crippen LogP contribution in [0, 0.1) is 0 Å². The van der Waals surface area contributed by atoms with Gasteiger partial charge in [-0.3, -0.25) is 4.79 Å². The summed E-state index contributed by atoms with van der Waals surface area (Å²) in [4.78, 5) is 20.6. The second kappa shape index (κ2) is 4.64. The largest absolute Gasteiger partial charge is 0.480 e. The van der Waals surface area contributed by atoms with Crippen molar-refractivity contribution in [1.82, 2.24) is 5.32 Å². The van der Waals surface area contributed by atoms with Gasteiger partial charge in [-0.15, -0.1) is 6.58 Å². The standard InChI is InChI=1S/C7H8F3NO3/c1-2-3-4(5(12)13)11-6(14)7(8,9)10/h2,4H,1,3H2,(H,11,14)(H,12,13)/t4-/m1/s1. The molecule has 14 heavy (non-hydrogen) atoms. The number of nitrogens with one attached hydrogen (secondary N) is 1. The first-order valence-corrected chi connectivity index (χ1v) is 3.50. The molecule has 0 aromatic rings. The highest BCUT2D eigenvalue weighted by atomic mass is 19.4. The molecule has 7 heteroatoms. The summed E-state index contributed by atoms with van der Waals surface area (Å²) in [6.07, 6.45) is -4.23. The van der Waals surface area contributed by atoms with Crippen molar-refractivity contribution in [3.63, 3.8) is 0 Å². The molecule has 0 radical (unpaired) electrons. The van der Waals surface area contributed by atoms with Crippen molar-refractivity contribution in [2.75, 3.05) is 0 Å². The lowest BCUT2D eigenvalue weighted by molar-refractivity contribution is -0.175. The van der Waals surface area contributed by atoms with Crippen LogP contribution in [0.25, 0.3) is 0 Å². The molecule has 1 amide bonds. The maximum Gasteiger partial charge on any atom is 0.471 e. The van der Waals surface area contributed by atoms with Gasteiger partial charge in [0, 0.05) is 0 Å². The number of hydrogen-bond acceptors (Lipinski definition) is 2. The lowest BCUT2D eigenvalue weighted by Gasteiger charge is -2.13. The van der Waals surface area contributed by atoms with Crippen molar-refractivity contribution in [2.45, 2.75) is 18.6 Å². The summed E-state index contributed by atoms with van der Waals surface area (Å²) in [5.41, 5.74) is 0. The minimum absolute atomic E-state index is 0.267. The van der Waals surface area contributed by atoms with Crippen molar-refractivity contribution in [3.05, 3.63) is 12.7 Å². The van der Waals surface area contributed by atoms with Crippen molar-refractivity contribution < 1.29 is 27.9 Å². The number of rotatable bonds is 4. The van der Waals surface area contributed by atoms with E-state index in [9.17, 15) is 22.8 Å². The Hall–Kier alpha value is -1.53. The van der Waals surface area contributed by atoms with Gasteiger partial charge in [-0.05, 0) is 6.42 Å². The van der Waals surface area contributed by atoms with Crippen LogP contribution in [0.4, 0.5) is 13.2 Å². The van der Waals surface area contributed by atoms with Crippen molar-refractivity contribution in [1.29, 1.82) is 0 Å². The quantitative estimate of drug-likeness (QED) is 0.672. The molecular formula is C7H8F3NO3. The number of carboxylic acids is 1. The number of alkyl halides is 3. The van der Waals surface area contributed by atoms with Crippen molar-refractivity contribution >= 4 is 11.9 Å². The maximum absolute atomic E-state index is 11.7. The van der Waals surface area contributed by atoms with Gasteiger partial charge in [-0.25, -0.2) is 4.79 Å². The highest BCUT2D eigenvalue weighted by molar-refractivity contribution is 5.86. The first-order valence-electron chi connectivity index (χ1n) is 3.50. The van der Waals surface area contributed by atoms with E-state index in [1.54, 1.807) is 0 Å². The zero-order chi connectivity index (χ0) is 11.4. The predicted octanol–water partition coefficient (Wildman–Crippen LogP) is 0.694. The minimum Gasteiger partial charge on any atom is -0.480 e. The number of halogens is 3. The molecule has 0 rings (SSSR count). The van der Waals surface area contributed by atoms with Gasteiger partial charge >= 0.3 is 18.1 Å². The zero-order valence-corrected chi connectivity index (χ0v) is 6.97. The van der Waals surface area contributed by atoms with Crippen LogP contribution in [-0.4, -0.2) is 29.2 Å². The fourth-order valence-electron chi connectivity index (χ4n) is 0.628. The van der Waals surface area contributed by atoms with Gasteiger partial charge in [0.2, 0.25) is 0 Å². The molecule has 0 fully saturated rings. The van der Waals surface area contributed by atoms with Gasteiger partial charge in [-0.2, -0.15) is 13.2 Å². The molecule has 0 aliphatic rings. The molecule has 0 unspecified atom stereocenters. The van der Waals surface area contributed by atoms with Crippen LogP contribution in [0.2, 0.25) is 0 Å². The third-order valence-electron chi connectivity index (χ3n) is 1.26. The van der Waals surface area contributed by atoms with Crippen LogP contribution >= 0.6 is 0 Å². The van der Waals surface area contributed by atoms with Gasteiger partial charge in [0.25, 0.3) is 0 Å². The van der Waals surface area contributed by atoms with Crippen LogP contribution < -0.4 is 5.32 Å². The molecule has 0 aromatic heterocycles.